The van der Waals surface area contributed by atoms with Crippen LogP contribution in [-0.2, 0) is 4.79 Å². The van der Waals surface area contributed by atoms with Gasteiger partial charge in [-0.15, -0.1) is 11.3 Å². The van der Waals surface area contributed by atoms with E-state index in [1.54, 1.807) is 6.07 Å². The van der Waals surface area contributed by atoms with Gasteiger partial charge in [-0.05, 0) is 24.4 Å². The number of hydrogen-bond acceptors (Lipinski definition) is 4. The molecule has 5 nitrogen and oxygen atoms in total. The average Bonchev–Trinajstić information content (AvgIpc) is 2.81. The average molecular weight is 281 g/mol. The zero-order valence-electron chi connectivity index (χ0n) is 10.9. The van der Waals surface area contributed by atoms with Gasteiger partial charge in [0.2, 0.25) is 5.91 Å². The summed E-state index contributed by atoms with van der Waals surface area (Å²) in [6.07, 6.45) is 1.37. The molecule has 0 spiro atoms. The van der Waals surface area contributed by atoms with Crippen LogP contribution in [0.2, 0.25) is 0 Å². The molecule has 0 radical (unpaired) electrons. The highest BCUT2D eigenvalue weighted by molar-refractivity contribution is 7.12. The first kappa shape index (κ1) is 14.0. The van der Waals surface area contributed by atoms with Crippen LogP contribution < -0.4 is 10.6 Å². The van der Waals surface area contributed by atoms with E-state index in [1.165, 1.54) is 11.3 Å². The van der Waals surface area contributed by atoms with Crippen LogP contribution in [0.4, 0.5) is 0 Å². The molecular weight excluding hydrogens is 262 g/mol. The van der Waals surface area contributed by atoms with Crippen molar-refractivity contribution in [3.8, 4) is 0 Å². The van der Waals surface area contributed by atoms with Gasteiger partial charge in [0.25, 0.3) is 5.91 Å². The number of amides is 2. The van der Waals surface area contributed by atoms with Crippen LogP contribution in [-0.4, -0.2) is 49.4 Å². The van der Waals surface area contributed by atoms with E-state index in [2.05, 4.69) is 10.6 Å². The van der Waals surface area contributed by atoms with E-state index in [0.29, 0.717) is 17.8 Å². The number of nitrogens with zero attached hydrogens (tertiary/aromatic N) is 1. The van der Waals surface area contributed by atoms with E-state index in [1.807, 2.05) is 16.3 Å². The Kier molecular flexibility index (Phi) is 5.35. The van der Waals surface area contributed by atoms with Crippen molar-refractivity contribution in [2.45, 2.75) is 12.8 Å². The summed E-state index contributed by atoms with van der Waals surface area (Å²) < 4.78 is 0. The zero-order valence-corrected chi connectivity index (χ0v) is 11.7. The number of carbonyl (C=O) groups excluding carboxylic acids is 2. The fourth-order valence-electron chi connectivity index (χ4n) is 2.03. The molecule has 1 aromatic heterocycles. The molecule has 19 heavy (non-hydrogen) atoms. The van der Waals surface area contributed by atoms with Crippen molar-refractivity contribution < 1.29 is 9.59 Å². The molecule has 2 N–H and O–H groups in total. The minimum atomic E-state index is -0.0969. The smallest absolute Gasteiger partial charge is 0.261 e. The van der Waals surface area contributed by atoms with Gasteiger partial charge in [-0.3, -0.25) is 9.59 Å². The Hall–Kier alpha value is -1.40. The van der Waals surface area contributed by atoms with Crippen LogP contribution >= 0.6 is 11.3 Å². The summed E-state index contributed by atoms with van der Waals surface area (Å²) >= 11 is 1.41. The predicted octanol–water partition coefficient (Wildman–Crippen LogP) is 0.690. The summed E-state index contributed by atoms with van der Waals surface area (Å²) in [6.45, 7) is 3.80. The van der Waals surface area contributed by atoms with E-state index in [-0.39, 0.29) is 11.8 Å². The van der Waals surface area contributed by atoms with Crippen molar-refractivity contribution in [1.82, 2.24) is 15.5 Å². The highest BCUT2D eigenvalue weighted by atomic mass is 32.1. The molecule has 1 aromatic rings. The highest BCUT2D eigenvalue weighted by Gasteiger charge is 2.15. The van der Waals surface area contributed by atoms with Crippen molar-refractivity contribution in [3.05, 3.63) is 22.4 Å². The molecule has 0 atom stereocenters. The summed E-state index contributed by atoms with van der Waals surface area (Å²) in [6, 6.07) is 3.62. The van der Waals surface area contributed by atoms with E-state index in [4.69, 9.17) is 0 Å². The molecule has 0 aromatic carbocycles. The summed E-state index contributed by atoms with van der Waals surface area (Å²) in [4.78, 5) is 26.2. The van der Waals surface area contributed by atoms with Gasteiger partial charge in [0, 0.05) is 32.6 Å². The maximum atomic E-state index is 12.0. The lowest BCUT2D eigenvalue weighted by Gasteiger charge is -2.19. The van der Waals surface area contributed by atoms with Gasteiger partial charge in [0.05, 0.1) is 4.88 Å². The third-order valence-electron chi connectivity index (χ3n) is 3.06. The first-order valence-corrected chi connectivity index (χ1v) is 7.45. The van der Waals surface area contributed by atoms with Crippen LogP contribution in [0.25, 0.3) is 0 Å². The zero-order chi connectivity index (χ0) is 13.5. The maximum absolute atomic E-state index is 12.0. The molecule has 0 saturated carbocycles. The van der Waals surface area contributed by atoms with E-state index in [0.717, 1.165) is 32.6 Å². The number of nitrogens with one attached hydrogen (secondary N) is 2. The van der Waals surface area contributed by atoms with Crippen molar-refractivity contribution in [3.63, 3.8) is 0 Å². The van der Waals surface area contributed by atoms with Gasteiger partial charge in [0.1, 0.15) is 0 Å². The lowest BCUT2D eigenvalue weighted by atomic mass is 10.3. The molecule has 2 amide bonds. The lowest BCUT2D eigenvalue weighted by Crippen LogP contribution is -2.36. The summed E-state index contributed by atoms with van der Waals surface area (Å²) in [5.74, 6) is 0.0236. The molecule has 0 bridgehead atoms. The third-order valence-corrected chi connectivity index (χ3v) is 3.93. The number of carbonyl (C=O) groups is 2. The van der Waals surface area contributed by atoms with E-state index in [9.17, 15) is 9.59 Å². The van der Waals surface area contributed by atoms with E-state index >= 15 is 0 Å². The molecule has 1 aliphatic heterocycles. The van der Waals surface area contributed by atoms with Gasteiger partial charge in [0.15, 0.2) is 0 Å². The summed E-state index contributed by atoms with van der Waals surface area (Å²) in [5.41, 5.74) is 0. The number of rotatable bonds is 4. The van der Waals surface area contributed by atoms with Crippen molar-refractivity contribution in [2.75, 3.05) is 32.7 Å². The third kappa shape index (κ3) is 4.33. The molecule has 1 saturated heterocycles. The van der Waals surface area contributed by atoms with Crippen LogP contribution in [0.15, 0.2) is 17.5 Å². The van der Waals surface area contributed by atoms with Crippen molar-refractivity contribution in [2.24, 2.45) is 0 Å². The second kappa shape index (κ2) is 7.25. The Balaban J connectivity index is 1.70. The fraction of sp³-hybridized carbons (Fsp3) is 0.538. The predicted molar refractivity (Wildman–Crippen MR) is 75.3 cm³/mol. The number of hydrogen-bond donors (Lipinski definition) is 2. The molecular formula is C13H19N3O2S. The standard InChI is InChI=1S/C13H19N3O2S/c17-12(16-8-2-5-14-7-9-16)4-6-15-13(18)11-3-1-10-19-11/h1,3,10,14H,2,4-9H2,(H,15,18). The molecule has 1 fully saturated rings. The second-order valence-electron chi connectivity index (χ2n) is 4.47. The monoisotopic (exact) mass is 281 g/mol. The van der Waals surface area contributed by atoms with Crippen molar-refractivity contribution >= 4 is 23.2 Å². The normalized spacial score (nSPS) is 15.9. The molecule has 2 rings (SSSR count). The fourth-order valence-corrected chi connectivity index (χ4v) is 2.67. The largest absolute Gasteiger partial charge is 0.351 e. The van der Waals surface area contributed by atoms with Gasteiger partial charge < -0.3 is 15.5 Å². The summed E-state index contributed by atoms with van der Waals surface area (Å²) in [7, 11) is 0. The van der Waals surface area contributed by atoms with E-state index < -0.39 is 0 Å². The molecule has 1 aliphatic rings. The quantitative estimate of drug-likeness (QED) is 0.853. The van der Waals surface area contributed by atoms with Crippen LogP contribution in [0.3, 0.4) is 0 Å². The summed E-state index contributed by atoms with van der Waals surface area (Å²) in [5, 5.41) is 7.91. The van der Waals surface area contributed by atoms with Gasteiger partial charge in [-0.1, -0.05) is 6.07 Å². The minimum absolute atomic E-state index is 0.0969. The van der Waals surface area contributed by atoms with Crippen LogP contribution in [0.5, 0.6) is 0 Å². The van der Waals surface area contributed by atoms with Crippen LogP contribution in [0.1, 0.15) is 22.5 Å². The maximum Gasteiger partial charge on any atom is 0.261 e. The van der Waals surface area contributed by atoms with Crippen LogP contribution in [0, 0.1) is 0 Å². The topological polar surface area (TPSA) is 61.4 Å². The molecule has 2 heterocycles. The Bertz CT molecular complexity index is 412. The Morgan fingerprint density at radius 2 is 2.26 bits per heavy atom. The Morgan fingerprint density at radius 3 is 3.05 bits per heavy atom. The first-order valence-electron chi connectivity index (χ1n) is 6.57. The Morgan fingerprint density at radius 1 is 1.37 bits per heavy atom. The van der Waals surface area contributed by atoms with Gasteiger partial charge >= 0.3 is 0 Å². The SMILES string of the molecule is O=C(NCCC(=O)N1CCCNCC1)c1cccs1. The van der Waals surface area contributed by atoms with Gasteiger partial charge in [-0.25, -0.2) is 0 Å². The molecule has 6 heteroatoms. The Labute approximate surface area is 117 Å². The minimum Gasteiger partial charge on any atom is -0.351 e. The molecule has 0 unspecified atom stereocenters. The van der Waals surface area contributed by atoms with Gasteiger partial charge in [-0.2, -0.15) is 0 Å². The lowest BCUT2D eigenvalue weighted by molar-refractivity contribution is -0.130. The molecule has 104 valence electrons. The number of thiophene rings is 1. The first-order chi connectivity index (χ1) is 9.27. The molecule has 0 aliphatic carbocycles. The second-order valence-corrected chi connectivity index (χ2v) is 5.42. The highest BCUT2D eigenvalue weighted by Crippen LogP contribution is 2.07. The van der Waals surface area contributed by atoms with Crippen molar-refractivity contribution in [1.29, 1.82) is 0 Å².